The van der Waals surface area contributed by atoms with Gasteiger partial charge in [-0.15, -0.1) is 11.3 Å². The first-order valence-electron chi connectivity index (χ1n) is 6.74. The Bertz CT molecular complexity index is 580. The van der Waals surface area contributed by atoms with Crippen molar-refractivity contribution in [1.29, 1.82) is 0 Å². The average molecular weight is 277 g/mol. The minimum absolute atomic E-state index is 0.465. The Labute approximate surface area is 117 Å². The second-order valence-corrected chi connectivity index (χ2v) is 6.78. The normalized spacial score (nSPS) is 15.5. The lowest BCUT2D eigenvalue weighted by Crippen LogP contribution is -2.27. The molecule has 0 bridgehead atoms. The van der Waals surface area contributed by atoms with Crippen molar-refractivity contribution in [2.24, 2.45) is 0 Å². The van der Waals surface area contributed by atoms with Crippen molar-refractivity contribution in [1.82, 2.24) is 14.8 Å². The fourth-order valence-electron chi connectivity index (χ4n) is 2.64. The summed E-state index contributed by atoms with van der Waals surface area (Å²) < 4.78 is 1.82. The number of rotatable bonds is 3. The van der Waals surface area contributed by atoms with Gasteiger partial charge in [-0.3, -0.25) is 0 Å². The van der Waals surface area contributed by atoms with Crippen LogP contribution in [0.25, 0.3) is 11.4 Å². The van der Waals surface area contributed by atoms with Crippen LogP contribution in [0.3, 0.4) is 0 Å². The highest BCUT2D eigenvalue weighted by molar-refractivity contribution is 7.10. The van der Waals surface area contributed by atoms with Crippen molar-refractivity contribution >= 4 is 11.3 Å². The van der Waals surface area contributed by atoms with Gasteiger partial charge in [0.1, 0.15) is 6.33 Å². The Hall–Kier alpha value is -1.20. The van der Waals surface area contributed by atoms with E-state index in [1.165, 1.54) is 35.3 Å². The summed E-state index contributed by atoms with van der Waals surface area (Å²) >= 11 is 1.83. The highest BCUT2D eigenvalue weighted by atomic mass is 32.1. The zero-order valence-corrected chi connectivity index (χ0v) is 12.2. The lowest BCUT2D eigenvalue weighted by molar-refractivity contribution is 0.0582. The number of fused-ring (bicyclic) bond motifs is 1. The molecule has 1 aliphatic rings. The molecule has 3 rings (SSSR count). The van der Waals surface area contributed by atoms with Gasteiger partial charge in [-0.05, 0) is 45.1 Å². The molecule has 2 heterocycles. The van der Waals surface area contributed by atoms with Crippen LogP contribution >= 0.6 is 11.3 Å². The molecule has 0 aromatic carbocycles. The van der Waals surface area contributed by atoms with Gasteiger partial charge in [-0.1, -0.05) is 0 Å². The zero-order valence-electron chi connectivity index (χ0n) is 11.4. The molecule has 2 aromatic rings. The van der Waals surface area contributed by atoms with Crippen molar-refractivity contribution in [3.63, 3.8) is 0 Å². The van der Waals surface area contributed by atoms with E-state index in [0.717, 1.165) is 12.2 Å². The maximum Gasteiger partial charge on any atom is 0.159 e. The van der Waals surface area contributed by atoms with Crippen molar-refractivity contribution in [3.8, 4) is 11.4 Å². The van der Waals surface area contributed by atoms with Gasteiger partial charge in [-0.25, -0.2) is 9.67 Å². The molecule has 0 fully saturated rings. The molecule has 0 atom stereocenters. The van der Waals surface area contributed by atoms with Crippen molar-refractivity contribution in [3.05, 3.63) is 22.1 Å². The van der Waals surface area contributed by atoms with Crippen LogP contribution in [0.5, 0.6) is 0 Å². The van der Waals surface area contributed by atoms with Crippen LogP contribution in [-0.2, 0) is 19.4 Å². The molecule has 0 radical (unpaired) electrons. The summed E-state index contributed by atoms with van der Waals surface area (Å²) in [5, 5.41) is 16.4. The number of aliphatic hydroxyl groups is 1. The zero-order chi connectivity index (χ0) is 13.5. The molecule has 2 aromatic heterocycles. The van der Waals surface area contributed by atoms with E-state index in [1.54, 1.807) is 20.2 Å². The first-order chi connectivity index (χ1) is 9.04. The average Bonchev–Trinajstić information content (AvgIpc) is 2.92. The topological polar surface area (TPSA) is 50.9 Å². The van der Waals surface area contributed by atoms with E-state index in [1.807, 2.05) is 16.0 Å². The summed E-state index contributed by atoms with van der Waals surface area (Å²) in [5.74, 6) is 0.890. The highest BCUT2D eigenvalue weighted by Gasteiger charge is 2.22. The van der Waals surface area contributed by atoms with Crippen LogP contribution in [-0.4, -0.2) is 25.5 Å². The number of aromatic nitrogens is 3. The molecule has 19 heavy (non-hydrogen) atoms. The first-order valence-corrected chi connectivity index (χ1v) is 7.62. The van der Waals surface area contributed by atoms with Gasteiger partial charge in [0.2, 0.25) is 0 Å². The molecule has 5 heteroatoms. The first kappa shape index (κ1) is 12.8. The van der Waals surface area contributed by atoms with Crippen LogP contribution in [0.15, 0.2) is 11.7 Å². The Kier molecular flexibility index (Phi) is 3.19. The van der Waals surface area contributed by atoms with Crippen LogP contribution in [0, 0.1) is 0 Å². The molecule has 0 aliphatic heterocycles. The van der Waals surface area contributed by atoms with Gasteiger partial charge >= 0.3 is 0 Å². The van der Waals surface area contributed by atoms with E-state index in [9.17, 15) is 5.11 Å². The van der Waals surface area contributed by atoms with Crippen LogP contribution in [0.4, 0.5) is 0 Å². The molecule has 0 amide bonds. The quantitative estimate of drug-likeness (QED) is 0.938. The third-order valence-electron chi connectivity index (χ3n) is 3.45. The second kappa shape index (κ2) is 4.72. The SMILES string of the molecule is CC(C)(O)Cn1ncnc1-c1csc2c1CCCC2. The minimum atomic E-state index is -0.779. The lowest BCUT2D eigenvalue weighted by atomic mass is 9.95. The third-order valence-corrected chi connectivity index (χ3v) is 4.54. The Morgan fingerprint density at radius 3 is 2.95 bits per heavy atom. The van der Waals surface area contributed by atoms with E-state index in [2.05, 4.69) is 15.5 Å². The molecular weight excluding hydrogens is 258 g/mol. The maximum atomic E-state index is 9.96. The molecule has 0 saturated heterocycles. The van der Waals surface area contributed by atoms with E-state index >= 15 is 0 Å². The summed E-state index contributed by atoms with van der Waals surface area (Å²) in [6.07, 6.45) is 6.47. The molecule has 0 unspecified atom stereocenters. The summed E-state index contributed by atoms with van der Waals surface area (Å²) in [7, 11) is 0. The number of thiophene rings is 1. The number of hydrogen-bond acceptors (Lipinski definition) is 4. The molecule has 4 nitrogen and oxygen atoms in total. The third kappa shape index (κ3) is 2.58. The van der Waals surface area contributed by atoms with Gasteiger partial charge in [0.05, 0.1) is 12.1 Å². The fraction of sp³-hybridized carbons (Fsp3) is 0.571. The predicted octanol–water partition coefficient (Wildman–Crippen LogP) is 2.66. The highest BCUT2D eigenvalue weighted by Crippen LogP contribution is 2.35. The Morgan fingerprint density at radius 2 is 2.16 bits per heavy atom. The van der Waals surface area contributed by atoms with Crippen molar-refractivity contribution in [2.75, 3.05) is 0 Å². The minimum Gasteiger partial charge on any atom is -0.389 e. The van der Waals surface area contributed by atoms with Gasteiger partial charge in [-0.2, -0.15) is 5.10 Å². The van der Waals surface area contributed by atoms with E-state index < -0.39 is 5.60 Å². The lowest BCUT2D eigenvalue weighted by Gasteiger charge is -2.18. The summed E-state index contributed by atoms with van der Waals surface area (Å²) in [4.78, 5) is 5.90. The number of hydrogen-bond donors (Lipinski definition) is 1. The molecule has 1 N–H and O–H groups in total. The molecule has 102 valence electrons. The van der Waals surface area contributed by atoms with E-state index in [0.29, 0.717) is 6.54 Å². The summed E-state index contributed by atoms with van der Waals surface area (Å²) in [6.45, 7) is 4.05. The smallest absolute Gasteiger partial charge is 0.159 e. The molecule has 1 aliphatic carbocycles. The molecule has 0 spiro atoms. The Balaban J connectivity index is 1.99. The van der Waals surface area contributed by atoms with Crippen LogP contribution in [0.1, 0.15) is 37.1 Å². The molecular formula is C14H19N3OS. The number of nitrogens with zero attached hydrogens (tertiary/aromatic N) is 3. The van der Waals surface area contributed by atoms with Crippen molar-refractivity contribution < 1.29 is 5.11 Å². The van der Waals surface area contributed by atoms with Gasteiger partial charge in [0, 0.05) is 15.8 Å². The summed E-state index contributed by atoms with van der Waals surface area (Å²) in [6, 6.07) is 0. The van der Waals surface area contributed by atoms with Gasteiger partial charge < -0.3 is 5.11 Å². The number of aryl methyl sites for hydroxylation is 1. The second-order valence-electron chi connectivity index (χ2n) is 5.81. The van der Waals surface area contributed by atoms with Crippen LogP contribution < -0.4 is 0 Å². The van der Waals surface area contributed by atoms with Gasteiger partial charge in [0.15, 0.2) is 5.82 Å². The monoisotopic (exact) mass is 277 g/mol. The maximum absolute atomic E-state index is 9.96. The largest absolute Gasteiger partial charge is 0.389 e. The fourth-order valence-corrected chi connectivity index (χ4v) is 3.76. The van der Waals surface area contributed by atoms with Gasteiger partial charge in [0.25, 0.3) is 0 Å². The standard InChI is InChI=1S/C14H19N3OS/c1-14(2,18)8-17-13(15-9-16-17)11-7-19-12-6-4-3-5-10(11)12/h7,9,18H,3-6,8H2,1-2H3. The predicted molar refractivity (Wildman–Crippen MR) is 76.3 cm³/mol. The Morgan fingerprint density at radius 1 is 1.37 bits per heavy atom. The summed E-state index contributed by atoms with van der Waals surface area (Å²) in [5.41, 5.74) is 1.88. The molecule has 0 saturated carbocycles. The van der Waals surface area contributed by atoms with E-state index in [-0.39, 0.29) is 0 Å². The van der Waals surface area contributed by atoms with E-state index in [4.69, 9.17) is 0 Å². The van der Waals surface area contributed by atoms with Crippen LogP contribution in [0.2, 0.25) is 0 Å². The van der Waals surface area contributed by atoms with Crippen molar-refractivity contribution in [2.45, 2.75) is 51.7 Å².